The normalized spacial score (nSPS) is 14.9. The van der Waals surface area contributed by atoms with Crippen molar-refractivity contribution in [3.63, 3.8) is 0 Å². The van der Waals surface area contributed by atoms with E-state index in [1.165, 1.54) is 6.08 Å². The third-order valence-electron chi connectivity index (χ3n) is 5.90. The summed E-state index contributed by atoms with van der Waals surface area (Å²) in [7, 11) is 0. The van der Waals surface area contributed by atoms with Crippen LogP contribution in [0, 0.1) is 6.92 Å². The number of carbonyl (C=O) groups is 3. The summed E-state index contributed by atoms with van der Waals surface area (Å²) in [6.45, 7) is 2.16. The Kier molecular flexibility index (Phi) is 6.40. The number of anilines is 1. The fourth-order valence-corrected chi connectivity index (χ4v) is 4.53. The molecule has 7 heteroatoms. The summed E-state index contributed by atoms with van der Waals surface area (Å²) in [5.41, 5.74) is 2.65. The number of barbiturate groups is 1. The number of halogens is 1. The maximum absolute atomic E-state index is 13.3. The van der Waals surface area contributed by atoms with Crippen LogP contribution in [0.2, 0.25) is 0 Å². The van der Waals surface area contributed by atoms with Gasteiger partial charge in [-0.3, -0.25) is 14.9 Å². The summed E-state index contributed by atoms with van der Waals surface area (Å²) >= 11 is 3.45. The van der Waals surface area contributed by atoms with Crippen molar-refractivity contribution in [2.75, 3.05) is 4.90 Å². The number of hydrogen-bond donors (Lipinski definition) is 1. The van der Waals surface area contributed by atoms with Gasteiger partial charge in [-0.25, -0.2) is 9.69 Å². The molecule has 1 saturated heterocycles. The molecule has 178 valence electrons. The zero-order valence-electron chi connectivity index (χ0n) is 19.3. The predicted molar refractivity (Wildman–Crippen MR) is 143 cm³/mol. The fraction of sp³-hybridized carbons (Fsp3) is 0.0690. The van der Waals surface area contributed by atoms with Gasteiger partial charge in [0.05, 0.1) is 5.69 Å². The first-order valence-electron chi connectivity index (χ1n) is 11.3. The van der Waals surface area contributed by atoms with Gasteiger partial charge in [0, 0.05) is 10.0 Å². The molecule has 1 aliphatic heterocycles. The van der Waals surface area contributed by atoms with Crippen LogP contribution in [0.4, 0.5) is 10.5 Å². The molecule has 1 aliphatic rings. The Balaban J connectivity index is 1.49. The molecule has 0 aliphatic carbocycles. The predicted octanol–water partition coefficient (Wildman–Crippen LogP) is 6.16. The zero-order chi connectivity index (χ0) is 25.2. The minimum absolute atomic E-state index is 0.163. The van der Waals surface area contributed by atoms with E-state index in [0.717, 1.165) is 31.3 Å². The highest BCUT2D eigenvalue weighted by Crippen LogP contribution is 2.29. The largest absolute Gasteiger partial charge is 0.488 e. The molecule has 4 aromatic carbocycles. The van der Waals surface area contributed by atoms with Gasteiger partial charge in [-0.15, -0.1) is 0 Å². The Morgan fingerprint density at radius 1 is 0.917 bits per heavy atom. The smallest absolute Gasteiger partial charge is 0.335 e. The van der Waals surface area contributed by atoms with Gasteiger partial charge in [0.1, 0.15) is 17.9 Å². The summed E-state index contributed by atoms with van der Waals surface area (Å²) in [4.78, 5) is 39.5. The first-order chi connectivity index (χ1) is 17.4. The molecule has 4 aromatic rings. The van der Waals surface area contributed by atoms with E-state index in [9.17, 15) is 14.4 Å². The number of rotatable bonds is 5. The lowest BCUT2D eigenvalue weighted by Gasteiger charge is -2.26. The van der Waals surface area contributed by atoms with Crippen LogP contribution in [-0.2, 0) is 16.2 Å². The van der Waals surface area contributed by atoms with Crippen LogP contribution in [0.15, 0.2) is 95.0 Å². The molecular weight excluding hydrogens is 520 g/mol. The molecule has 0 atom stereocenters. The van der Waals surface area contributed by atoms with Crippen molar-refractivity contribution in [2.24, 2.45) is 0 Å². The quantitative estimate of drug-likeness (QED) is 0.243. The second-order valence-electron chi connectivity index (χ2n) is 8.41. The number of nitrogens with one attached hydrogen (secondary N) is 1. The number of nitrogens with zero attached hydrogens (tertiary/aromatic N) is 1. The number of imide groups is 2. The van der Waals surface area contributed by atoms with Crippen LogP contribution in [0.25, 0.3) is 16.8 Å². The summed E-state index contributed by atoms with van der Waals surface area (Å²) in [6, 6.07) is 25.6. The Hall–Kier alpha value is -4.23. The summed E-state index contributed by atoms with van der Waals surface area (Å²) in [6.07, 6.45) is 1.45. The monoisotopic (exact) mass is 540 g/mol. The van der Waals surface area contributed by atoms with Gasteiger partial charge in [-0.2, -0.15) is 0 Å². The van der Waals surface area contributed by atoms with Gasteiger partial charge in [0.25, 0.3) is 11.8 Å². The van der Waals surface area contributed by atoms with E-state index in [1.54, 1.807) is 30.3 Å². The molecule has 1 fully saturated rings. The lowest BCUT2D eigenvalue weighted by molar-refractivity contribution is -0.122. The van der Waals surface area contributed by atoms with Crippen molar-refractivity contribution < 1.29 is 19.1 Å². The van der Waals surface area contributed by atoms with E-state index >= 15 is 0 Å². The van der Waals surface area contributed by atoms with Crippen molar-refractivity contribution >= 4 is 56.3 Å². The van der Waals surface area contributed by atoms with Crippen molar-refractivity contribution in [3.05, 3.63) is 112 Å². The van der Waals surface area contributed by atoms with E-state index in [-0.39, 0.29) is 5.57 Å². The Bertz CT molecular complexity index is 1550. The van der Waals surface area contributed by atoms with Crippen molar-refractivity contribution in [1.82, 2.24) is 5.32 Å². The van der Waals surface area contributed by atoms with E-state index in [0.29, 0.717) is 23.6 Å². The third kappa shape index (κ3) is 4.65. The summed E-state index contributed by atoms with van der Waals surface area (Å²) in [5.74, 6) is -0.957. The average molecular weight is 541 g/mol. The SMILES string of the molecule is Cc1cccc(N2C(=O)NC(=O)/C(=C\c3cc(Br)ccc3OCc3cccc4ccccc34)C2=O)c1. The molecule has 0 aromatic heterocycles. The van der Waals surface area contributed by atoms with Crippen LogP contribution in [-0.4, -0.2) is 17.8 Å². The molecule has 5 rings (SSSR count). The number of ether oxygens (including phenoxy) is 1. The minimum Gasteiger partial charge on any atom is -0.488 e. The maximum Gasteiger partial charge on any atom is 0.335 e. The zero-order valence-corrected chi connectivity index (χ0v) is 20.9. The first-order valence-corrected chi connectivity index (χ1v) is 12.1. The lowest BCUT2D eigenvalue weighted by atomic mass is 10.0. The van der Waals surface area contributed by atoms with Crippen LogP contribution in [0.1, 0.15) is 16.7 Å². The van der Waals surface area contributed by atoms with E-state index in [1.807, 2.05) is 61.5 Å². The number of benzene rings is 4. The molecule has 4 amide bonds. The second kappa shape index (κ2) is 9.79. The molecular formula is C29H21BrN2O4. The highest BCUT2D eigenvalue weighted by Gasteiger charge is 2.37. The number of fused-ring (bicyclic) bond motifs is 1. The van der Waals surface area contributed by atoms with Gasteiger partial charge < -0.3 is 4.74 Å². The van der Waals surface area contributed by atoms with E-state index < -0.39 is 17.8 Å². The lowest BCUT2D eigenvalue weighted by Crippen LogP contribution is -2.54. The molecule has 1 N–H and O–H groups in total. The standard InChI is InChI=1S/C29H21BrN2O4/c1-18-6-4-10-23(14-18)32-28(34)25(27(33)31-29(32)35)16-21-15-22(30)12-13-26(21)36-17-20-9-5-8-19-7-2-3-11-24(19)20/h2-16H,17H2,1H3,(H,31,33,35)/b25-16+. The number of urea groups is 1. The molecule has 1 heterocycles. The molecule has 0 bridgehead atoms. The van der Waals surface area contributed by atoms with Crippen molar-refractivity contribution in [3.8, 4) is 5.75 Å². The van der Waals surface area contributed by atoms with Gasteiger partial charge in [-0.05, 0) is 65.2 Å². The highest BCUT2D eigenvalue weighted by atomic mass is 79.9. The van der Waals surface area contributed by atoms with Crippen molar-refractivity contribution in [2.45, 2.75) is 13.5 Å². The third-order valence-corrected chi connectivity index (χ3v) is 6.39. The Labute approximate surface area is 216 Å². The topological polar surface area (TPSA) is 75.7 Å². The van der Waals surface area contributed by atoms with Crippen LogP contribution < -0.4 is 15.0 Å². The number of aryl methyl sites for hydroxylation is 1. The van der Waals surface area contributed by atoms with Crippen LogP contribution >= 0.6 is 15.9 Å². The molecule has 0 radical (unpaired) electrons. The van der Waals surface area contributed by atoms with Crippen LogP contribution in [0.3, 0.4) is 0 Å². The Morgan fingerprint density at radius 2 is 1.69 bits per heavy atom. The molecule has 6 nitrogen and oxygen atoms in total. The molecule has 0 saturated carbocycles. The van der Waals surface area contributed by atoms with E-state index in [4.69, 9.17) is 4.74 Å². The molecule has 36 heavy (non-hydrogen) atoms. The first kappa shape index (κ1) is 23.5. The average Bonchev–Trinajstić information content (AvgIpc) is 2.86. The van der Waals surface area contributed by atoms with Gasteiger partial charge >= 0.3 is 6.03 Å². The van der Waals surface area contributed by atoms with Gasteiger partial charge in [0.2, 0.25) is 0 Å². The van der Waals surface area contributed by atoms with Gasteiger partial charge in [0.15, 0.2) is 0 Å². The molecule has 0 spiro atoms. The summed E-state index contributed by atoms with van der Waals surface area (Å²) < 4.78 is 6.91. The fourth-order valence-electron chi connectivity index (χ4n) is 4.15. The second-order valence-corrected chi connectivity index (χ2v) is 9.32. The van der Waals surface area contributed by atoms with Gasteiger partial charge in [-0.1, -0.05) is 70.5 Å². The number of hydrogen-bond acceptors (Lipinski definition) is 4. The summed E-state index contributed by atoms with van der Waals surface area (Å²) in [5, 5.41) is 4.47. The minimum atomic E-state index is -0.783. The highest BCUT2D eigenvalue weighted by molar-refractivity contribution is 9.10. The maximum atomic E-state index is 13.3. The number of carbonyl (C=O) groups excluding carboxylic acids is 3. The molecule has 0 unspecified atom stereocenters. The number of amides is 4. The Morgan fingerprint density at radius 3 is 2.53 bits per heavy atom. The van der Waals surface area contributed by atoms with Crippen molar-refractivity contribution in [1.29, 1.82) is 0 Å². The van der Waals surface area contributed by atoms with Crippen LogP contribution in [0.5, 0.6) is 5.75 Å². The van der Waals surface area contributed by atoms with E-state index in [2.05, 4.69) is 21.2 Å².